The van der Waals surface area contributed by atoms with Crippen LogP contribution in [-0.4, -0.2) is 27.8 Å². The van der Waals surface area contributed by atoms with Gasteiger partial charge in [-0.1, -0.05) is 41.0 Å². The Bertz CT molecular complexity index is 278. The van der Waals surface area contributed by atoms with Crippen molar-refractivity contribution in [2.24, 2.45) is 11.3 Å². The first-order chi connectivity index (χ1) is 8.42. The van der Waals surface area contributed by atoms with Gasteiger partial charge in [-0.3, -0.25) is 4.21 Å². The first-order valence-corrected chi connectivity index (χ1v) is 8.91. The molecule has 0 heterocycles. The maximum atomic E-state index is 12.5. The molecular weight excluding hydrogens is 242 g/mol. The third kappa shape index (κ3) is 4.06. The molecule has 0 spiro atoms. The summed E-state index contributed by atoms with van der Waals surface area (Å²) in [6.45, 7) is 12.3. The number of nitrogens with one attached hydrogen (secondary N) is 1. The summed E-state index contributed by atoms with van der Waals surface area (Å²) in [5.74, 6) is 1.46. The topological polar surface area (TPSA) is 29.1 Å². The molecule has 108 valence electrons. The van der Waals surface area contributed by atoms with Crippen molar-refractivity contribution in [3.8, 4) is 0 Å². The van der Waals surface area contributed by atoms with E-state index < -0.39 is 10.8 Å². The Labute approximate surface area is 116 Å². The van der Waals surface area contributed by atoms with E-state index in [9.17, 15) is 4.21 Å². The van der Waals surface area contributed by atoms with Crippen molar-refractivity contribution in [3.05, 3.63) is 0 Å². The smallest absolute Gasteiger partial charge is 0.0506 e. The lowest BCUT2D eigenvalue weighted by Gasteiger charge is -2.31. The predicted octanol–water partition coefficient (Wildman–Crippen LogP) is 3.34. The van der Waals surface area contributed by atoms with E-state index >= 15 is 0 Å². The Balaban J connectivity index is 2.65. The second kappa shape index (κ2) is 7.04. The van der Waals surface area contributed by atoms with Crippen LogP contribution in [0.4, 0.5) is 0 Å². The zero-order valence-corrected chi connectivity index (χ0v) is 13.6. The van der Waals surface area contributed by atoms with Crippen molar-refractivity contribution < 1.29 is 4.21 Å². The van der Waals surface area contributed by atoms with Gasteiger partial charge < -0.3 is 5.32 Å². The molecule has 1 aliphatic carbocycles. The molecule has 0 bridgehead atoms. The van der Waals surface area contributed by atoms with Crippen LogP contribution in [0.5, 0.6) is 0 Å². The fourth-order valence-electron chi connectivity index (χ4n) is 2.85. The Morgan fingerprint density at radius 3 is 2.61 bits per heavy atom. The predicted molar refractivity (Wildman–Crippen MR) is 81.3 cm³/mol. The van der Waals surface area contributed by atoms with Crippen LogP contribution in [0.25, 0.3) is 0 Å². The van der Waals surface area contributed by atoms with Gasteiger partial charge in [0.2, 0.25) is 0 Å². The van der Waals surface area contributed by atoms with Gasteiger partial charge in [-0.05, 0) is 37.1 Å². The van der Waals surface area contributed by atoms with Gasteiger partial charge in [-0.15, -0.1) is 0 Å². The third-order valence-corrected chi connectivity index (χ3v) is 6.47. The minimum absolute atomic E-state index is 0.297. The fraction of sp³-hybridized carbons (Fsp3) is 1.00. The van der Waals surface area contributed by atoms with E-state index in [1.807, 2.05) is 0 Å². The Morgan fingerprint density at radius 2 is 2.06 bits per heavy atom. The van der Waals surface area contributed by atoms with Gasteiger partial charge in [-0.2, -0.15) is 0 Å². The number of hydrogen-bond acceptors (Lipinski definition) is 2. The summed E-state index contributed by atoms with van der Waals surface area (Å²) in [7, 11) is -0.668. The van der Waals surface area contributed by atoms with E-state index in [0.717, 1.165) is 31.6 Å². The van der Waals surface area contributed by atoms with Gasteiger partial charge in [0.15, 0.2) is 0 Å². The molecule has 1 fully saturated rings. The van der Waals surface area contributed by atoms with Crippen LogP contribution < -0.4 is 5.32 Å². The SMILES string of the molecule is CCCNC1C(S(=O)CC(C)CC)CCC1(C)C. The highest BCUT2D eigenvalue weighted by Crippen LogP contribution is 2.40. The van der Waals surface area contributed by atoms with Crippen LogP contribution >= 0.6 is 0 Å². The summed E-state index contributed by atoms with van der Waals surface area (Å²) < 4.78 is 12.5. The highest BCUT2D eigenvalue weighted by Gasteiger charge is 2.44. The van der Waals surface area contributed by atoms with Crippen molar-refractivity contribution in [2.45, 2.75) is 71.6 Å². The van der Waals surface area contributed by atoms with Gasteiger partial charge in [-0.25, -0.2) is 0 Å². The average molecular weight is 273 g/mol. The van der Waals surface area contributed by atoms with Crippen LogP contribution in [0.3, 0.4) is 0 Å². The molecule has 18 heavy (non-hydrogen) atoms. The highest BCUT2D eigenvalue weighted by atomic mass is 32.2. The van der Waals surface area contributed by atoms with E-state index in [1.54, 1.807) is 0 Å². The van der Waals surface area contributed by atoms with Gasteiger partial charge in [0.25, 0.3) is 0 Å². The maximum Gasteiger partial charge on any atom is 0.0506 e. The first-order valence-electron chi connectivity index (χ1n) is 7.53. The molecule has 1 rings (SSSR count). The maximum absolute atomic E-state index is 12.5. The number of rotatable bonds is 7. The minimum Gasteiger partial charge on any atom is -0.312 e. The molecule has 0 radical (unpaired) electrons. The van der Waals surface area contributed by atoms with Crippen LogP contribution in [0, 0.1) is 11.3 Å². The van der Waals surface area contributed by atoms with E-state index in [1.165, 1.54) is 6.42 Å². The summed E-state index contributed by atoms with van der Waals surface area (Å²) in [5, 5.41) is 4.01. The summed E-state index contributed by atoms with van der Waals surface area (Å²) >= 11 is 0. The molecule has 2 nitrogen and oxygen atoms in total. The largest absolute Gasteiger partial charge is 0.312 e. The van der Waals surface area contributed by atoms with Crippen molar-refractivity contribution in [1.82, 2.24) is 5.32 Å². The molecule has 4 atom stereocenters. The summed E-state index contributed by atoms with van der Waals surface area (Å²) in [6.07, 6.45) is 4.61. The highest BCUT2D eigenvalue weighted by molar-refractivity contribution is 7.85. The summed E-state index contributed by atoms with van der Waals surface area (Å²) in [6, 6.07) is 0.433. The quantitative estimate of drug-likeness (QED) is 0.771. The van der Waals surface area contributed by atoms with Gasteiger partial charge >= 0.3 is 0 Å². The van der Waals surface area contributed by atoms with Gasteiger partial charge in [0, 0.05) is 22.6 Å². The van der Waals surface area contributed by atoms with Crippen LogP contribution in [-0.2, 0) is 10.8 Å². The van der Waals surface area contributed by atoms with Gasteiger partial charge in [0.1, 0.15) is 0 Å². The molecule has 1 aliphatic rings. The molecule has 0 saturated heterocycles. The minimum atomic E-state index is -0.668. The molecule has 4 unspecified atom stereocenters. The summed E-state index contributed by atoms with van der Waals surface area (Å²) in [4.78, 5) is 0. The first kappa shape index (κ1) is 16.2. The third-order valence-electron chi connectivity index (χ3n) is 4.38. The van der Waals surface area contributed by atoms with Crippen LogP contribution in [0.15, 0.2) is 0 Å². The second-order valence-electron chi connectivity index (χ2n) is 6.56. The van der Waals surface area contributed by atoms with Crippen molar-refractivity contribution in [2.75, 3.05) is 12.3 Å². The Hall–Kier alpha value is 0.110. The molecular formula is C15H31NOS. The van der Waals surface area contributed by atoms with E-state index in [2.05, 4.69) is 39.9 Å². The van der Waals surface area contributed by atoms with Crippen molar-refractivity contribution in [3.63, 3.8) is 0 Å². The second-order valence-corrected chi connectivity index (χ2v) is 8.26. The lowest BCUT2D eigenvalue weighted by atomic mass is 9.87. The molecule has 1 N–H and O–H groups in total. The molecule has 0 amide bonds. The van der Waals surface area contributed by atoms with Crippen LogP contribution in [0.1, 0.15) is 60.3 Å². The monoisotopic (exact) mass is 273 g/mol. The van der Waals surface area contributed by atoms with Crippen molar-refractivity contribution in [1.29, 1.82) is 0 Å². The average Bonchev–Trinajstić information content (AvgIpc) is 2.61. The number of hydrogen-bond donors (Lipinski definition) is 1. The normalized spacial score (nSPS) is 30.3. The molecule has 1 saturated carbocycles. The summed E-state index contributed by atoms with van der Waals surface area (Å²) in [5.41, 5.74) is 0.297. The zero-order valence-electron chi connectivity index (χ0n) is 12.8. The Kier molecular flexibility index (Phi) is 6.32. The molecule has 0 aromatic heterocycles. The molecule has 0 aromatic rings. The molecule has 0 aliphatic heterocycles. The standard InChI is InChI=1S/C15H31NOS/c1-6-10-16-14-13(8-9-15(14,4)5)18(17)11-12(3)7-2/h12-14,16H,6-11H2,1-5H3. The van der Waals surface area contributed by atoms with Crippen LogP contribution in [0.2, 0.25) is 0 Å². The Morgan fingerprint density at radius 1 is 1.39 bits per heavy atom. The lowest BCUT2D eigenvalue weighted by Crippen LogP contribution is -2.47. The molecule has 0 aromatic carbocycles. The lowest BCUT2D eigenvalue weighted by molar-refractivity contribution is 0.286. The fourth-order valence-corrected chi connectivity index (χ4v) is 5.04. The van der Waals surface area contributed by atoms with Gasteiger partial charge in [0.05, 0.1) is 5.25 Å². The molecule has 3 heteroatoms. The van der Waals surface area contributed by atoms with E-state index in [0.29, 0.717) is 22.6 Å². The van der Waals surface area contributed by atoms with E-state index in [-0.39, 0.29) is 0 Å². The zero-order chi connectivity index (χ0) is 13.8. The van der Waals surface area contributed by atoms with E-state index in [4.69, 9.17) is 0 Å². The van der Waals surface area contributed by atoms with Crippen molar-refractivity contribution >= 4 is 10.8 Å².